The summed E-state index contributed by atoms with van der Waals surface area (Å²) in [5.41, 5.74) is 0.466. The fourth-order valence-electron chi connectivity index (χ4n) is 3.01. The molecule has 0 atom stereocenters. The van der Waals surface area contributed by atoms with E-state index in [2.05, 4.69) is 10.2 Å². The minimum Gasteiger partial charge on any atom is -0.496 e. The molecule has 1 saturated heterocycles. The van der Waals surface area contributed by atoms with E-state index >= 15 is 0 Å². The second-order valence-corrected chi connectivity index (χ2v) is 5.90. The van der Waals surface area contributed by atoms with Gasteiger partial charge in [-0.05, 0) is 57.5 Å². The lowest BCUT2D eigenvalue weighted by atomic mass is 10.1. The first-order valence-corrected chi connectivity index (χ1v) is 8.48. The Bertz CT molecular complexity index is 477. The highest BCUT2D eigenvalue weighted by molar-refractivity contribution is 5.99. The fraction of sp³-hybridized carbons (Fsp3) is 0.611. The molecule has 1 aliphatic heterocycles. The van der Waals surface area contributed by atoms with Crippen LogP contribution in [-0.2, 0) is 0 Å². The molecule has 0 aliphatic carbocycles. The van der Waals surface area contributed by atoms with E-state index in [1.807, 2.05) is 6.07 Å². The maximum atomic E-state index is 12.4. The smallest absolute Gasteiger partial charge is 0.258 e. The van der Waals surface area contributed by atoms with E-state index in [-0.39, 0.29) is 5.91 Å². The standard InChI is InChI=1S/C18H28N2O3/c1-22-15-9-8-10-16(23-2)17(15)18(21)19-11-4-7-14-20-12-5-3-6-13-20/h8-10H,3-7,11-14H2,1-2H3,(H,19,21). The summed E-state index contributed by atoms with van der Waals surface area (Å²) in [7, 11) is 3.12. The van der Waals surface area contributed by atoms with Gasteiger partial charge in [0.1, 0.15) is 17.1 Å². The van der Waals surface area contributed by atoms with Gasteiger partial charge in [0.2, 0.25) is 0 Å². The highest BCUT2D eigenvalue weighted by Gasteiger charge is 2.17. The molecule has 1 amide bonds. The van der Waals surface area contributed by atoms with Crippen LogP contribution in [0.1, 0.15) is 42.5 Å². The summed E-state index contributed by atoms with van der Waals surface area (Å²) in [4.78, 5) is 14.9. The number of likely N-dealkylation sites (tertiary alicyclic amines) is 1. The van der Waals surface area contributed by atoms with Gasteiger partial charge in [-0.25, -0.2) is 0 Å². The van der Waals surface area contributed by atoms with Crippen molar-refractivity contribution in [2.75, 3.05) is 40.4 Å². The van der Waals surface area contributed by atoms with Crippen LogP contribution in [0.4, 0.5) is 0 Å². The summed E-state index contributed by atoms with van der Waals surface area (Å²) in [6.45, 7) is 4.26. The van der Waals surface area contributed by atoms with Gasteiger partial charge in [0, 0.05) is 6.54 Å². The molecule has 1 fully saturated rings. The van der Waals surface area contributed by atoms with Crippen molar-refractivity contribution >= 4 is 5.91 Å². The molecule has 0 aromatic heterocycles. The molecule has 2 rings (SSSR count). The molecular formula is C18H28N2O3. The van der Waals surface area contributed by atoms with Gasteiger partial charge >= 0.3 is 0 Å². The Morgan fingerprint density at radius 3 is 2.35 bits per heavy atom. The summed E-state index contributed by atoms with van der Waals surface area (Å²) in [6, 6.07) is 5.36. The third kappa shape index (κ3) is 5.13. The van der Waals surface area contributed by atoms with E-state index in [9.17, 15) is 4.79 Å². The number of amides is 1. The Balaban J connectivity index is 1.76. The summed E-state index contributed by atoms with van der Waals surface area (Å²) in [5, 5.41) is 2.97. The van der Waals surface area contributed by atoms with Crippen molar-refractivity contribution in [2.45, 2.75) is 32.1 Å². The van der Waals surface area contributed by atoms with Gasteiger partial charge in [0.15, 0.2) is 0 Å². The van der Waals surface area contributed by atoms with E-state index < -0.39 is 0 Å². The van der Waals surface area contributed by atoms with Gasteiger partial charge < -0.3 is 19.7 Å². The van der Waals surface area contributed by atoms with Gasteiger partial charge in [-0.1, -0.05) is 12.5 Å². The van der Waals surface area contributed by atoms with Crippen LogP contribution in [0.5, 0.6) is 11.5 Å². The van der Waals surface area contributed by atoms with Gasteiger partial charge in [-0.15, -0.1) is 0 Å². The number of carbonyl (C=O) groups is 1. The number of unbranched alkanes of at least 4 members (excludes halogenated alkanes) is 1. The highest BCUT2D eigenvalue weighted by atomic mass is 16.5. The third-order valence-electron chi connectivity index (χ3n) is 4.29. The molecule has 0 unspecified atom stereocenters. The molecule has 1 aliphatic rings. The zero-order valence-electron chi connectivity index (χ0n) is 14.3. The number of nitrogens with zero attached hydrogens (tertiary/aromatic N) is 1. The predicted molar refractivity (Wildman–Crippen MR) is 91.4 cm³/mol. The van der Waals surface area contributed by atoms with Crippen LogP contribution in [-0.4, -0.2) is 51.2 Å². The molecule has 0 radical (unpaired) electrons. The molecule has 0 saturated carbocycles. The normalized spacial score (nSPS) is 15.2. The van der Waals surface area contributed by atoms with E-state index in [1.54, 1.807) is 26.4 Å². The number of methoxy groups -OCH3 is 2. The Kier molecular flexibility index (Phi) is 7.20. The van der Waals surface area contributed by atoms with E-state index in [1.165, 1.54) is 32.4 Å². The van der Waals surface area contributed by atoms with Crippen molar-refractivity contribution in [3.05, 3.63) is 23.8 Å². The van der Waals surface area contributed by atoms with Crippen LogP contribution < -0.4 is 14.8 Å². The van der Waals surface area contributed by atoms with Crippen LogP contribution in [0.3, 0.4) is 0 Å². The molecular weight excluding hydrogens is 292 g/mol. The van der Waals surface area contributed by atoms with E-state index in [4.69, 9.17) is 9.47 Å². The minimum absolute atomic E-state index is 0.141. The monoisotopic (exact) mass is 320 g/mol. The summed E-state index contributed by atoms with van der Waals surface area (Å²) in [5.74, 6) is 0.933. The molecule has 0 bridgehead atoms. The molecule has 0 spiro atoms. The number of hydrogen-bond acceptors (Lipinski definition) is 4. The largest absolute Gasteiger partial charge is 0.496 e. The van der Waals surface area contributed by atoms with Gasteiger partial charge in [0.25, 0.3) is 5.91 Å². The lowest BCUT2D eigenvalue weighted by Gasteiger charge is -2.26. The number of carbonyl (C=O) groups excluding carboxylic acids is 1. The van der Waals surface area contributed by atoms with Crippen LogP contribution >= 0.6 is 0 Å². The Morgan fingerprint density at radius 1 is 1.09 bits per heavy atom. The first kappa shape index (κ1) is 17.6. The van der Waals surface area contributed by atoms with Crippen LogP contribution in [0.2, 0.25) is 0 Å². The molecule has 5 heteroatoms. The number of hydrogen-bond donors (Lipinski definition) is 1. The van der Waals surface area contributed by atoms with Crippen LogP contribution in [0.25, 0.3) is 0 Å². The molecule has 5 nitrogen and oxygen atoms in total. The maximum Gasteiger partial charge on any atom is 0.258 e. The lowest BCUT2D eigenvalue weighted by Crippen LogP contribution is -2.31. The average molecular weight is 320 g/mol. The second kappa shape index (κ2) is 9.40. The van der Waals surface area contributed by atoms with Gasteiger partial charge in [0.05, 0.1) is 14.2 Å². The zero-order chi connectivity index (χ0) is 16.5. The number of benzene rings is 1. The molecule has 1 aromatic rings. The quantitative estimate of drug-likeness (QED) is 0.748. The molecule has 1 aromatic carbocycles. The lowest BCUT2D eigenvalue weighted by molar-refractivity contribution is 0.0946. The Morgan fingerprint density at radius 2 is 1.74 bits per heavy atom. The molecule has 1 heterocycles. The second-order valence-electron chi connectivity index (χ2n) is 5.90. The van der Waals surface area contributed by atoms with Gasteiger partial charge in [-0.2, -0.15) is 0 Å². The summed E-state index contributed by atoms with van der Waals surface area (Å²) < 4.78 is 10.5. The maximum absolute atomic E-state index is 12.4. The van der Waals surface area contributed by atoms with Crippen LogP contribution in [0, 0.1) is 0 Å². The Labute approximate surface area is 139 Å². The van der Waals surface area contributed by atoms with Crippen molar-refractivity contribution in [2.24, 2.45) is 0 Å². The van der Waals surface area contributed by atoms with Crippen molar-refractivity contribution in [1.82, 2.24) is 10.2 Å². The third-order valence-corrected chi connectivity index (χ3v) is 4.29. The molecule has 23 heavy (non-hydrogen) atoms. The summed E-state index contributed by atoms with van der Waals surface area (Å²) in [6.07, 6.45) is 6.12. The van der Waals surface area contributed by atoms with E-state index in [0.29, 0.717) is 23.6 Å². The van der Waals surface area contributed by atoms with Crippen LogP contribution in [0.15, 0.2) is 18.2 Å². The first-order valence-electron chi connectivity index (χ1n) is 8.48. The minimum atomic E-state index is -0.141. The zero-order valence-corrected chi connectivity index (χ0v) is 14.3. The first-order chi connectivity index (χ1) is 11.3. The Hall–Kier alpha value is -1.75. The van der Waals surface area contributed by atoms with E-state index in [0.717, 1.165) is 19.4 Å². The van der Waals surface area contributed by atoms with Gasteiger partial charge in [-0.3, -0.25) is 4.79 Å². The number of piperidine rings is 1. The van der Waals surface area contributed by atoms with Crippen molar-refractivity contribution in [3.63, 3.8) is 0 Å². The van der Waals surface area contributed by atoms with Crippen molar-refractivity contribution in [3.8, 4) is 11.5 Å². The SMILES string of the molecule is COc1cccc(OC)c1C(=O)NCCCCN1CCCCC1. The molecule has 128 valence electrons. The highest BCUT2D eigenvalue weighted by Crippen LogP contribution is 2.27. The fourth-order valence-corrected chi connectivity index (χ4v) is 3.01. The number of rotatable bonds is 8. The number of ether oxygens (including phenoxy) is 2. The number of nitrogens with one attached hydrogen (secondary N) is 1. The topological polar surface area (TPSA) is 50.8 Å². The van der Waals surface area contributed by atoms with Crippen molar-refractivity contribution in [1.29, 1.82) is 0 Å². The average Bonchev–Trinajstić information content (AvgIpc) is 2.61. The van der Waals surface area contributed by atoms with Crippen molar-refractivity contribution < 1.29 is 14.3 Å². The predicted octanol–water partition coefficient (Wildman–Crippen LogP) is 2.70. The summed E-state index contributed by atoms with van der Waals surface area (Å²) >= 11 is 0. The molecule has 1 N–H and O–H groups in total.